The SMILES string of the molecule is COCCNC(=O)[C@@H]1CN(C(=O)c2ccc(F)cc2)C[C@@H]1c1ccc(OC)cc1OC. The standard InChI is InChI=1S/C23H27FN2O5/c1-29-11-10-25-22(27)20-14-26(23(28)15-4-6-16(24)7-5-15)13-19(20)18-9-8-17(30-2)12-21(18)31-3/h4-9,12,19-20H,10-11,13-14H2,1-3H3,(H,25,27)/t19-,20-/m1/s1. The third kappa shape index (κ3) is 5.14. The van der Waals surface area contributed by atoms with Crippen LogP contribution < -0.4 is 14.8 Å². The maximum absolute atomic E-state index is 13.3. The molecule has 2 aromatic carbocycles. The largest absolute Gasteiger partial charge is 0.497 e. The lowest BCUT2D eigenvalue weighted by molar-refractivity contribution is -0.125. The fraction of sp³-hybridized carbons (Fsp3) is 0.391. The quantitative estimate of drug-likeness (QED) is 0.651. The number of benzene rings is 2. The number of carbonyl (C=O) groups excluding carboxylic acids is 2. The highest BCUT2D eigenvalue weighted by molar-refractivity contribution is 5.95. The van der Waals surface area contributed by atoms with Crippen LogP contribution >= 0.6 is 0 Å². The van der Waals surface area contributed by atoms with Gasteiger partial charge in [0.1, 0.15) is 17.3 Å². The zero-order valence-electron chi connectivity index (χ0n) is 17.9. The van der Waals surface area contributed by atoms with E-state index >= 15 is 0 Å². The van der Waals surface area contributed by atoms with Crippen molar-refractivity contribution >= 4 is 11.8 Å². The Morgan fingerprint density at radius 1 is 1.06 bits per heavy atom. The van der Waals surface area contributed by atoms with E-state index in [0.717, 1.165) is 5.56 Å². The molecular weight excluding hydrogens is 403 g/mol. The Balaban J connectivity index is 1.89. The van der Waals surface area contributed by atoms with Crippen LogP contribution in [0.2, 0.25) is 0 Å². The van der Waals surface area contributed by atoms with Gasteiger partial charge in [-0.2, -0.15) is 0 Å². The normalized spacial score (nSPS) is 18.0. The average Bonchev–Trinajstić information content (AvgIpc) is 3.24. The molecule has 1 N–H and O–H groups in total. The molecule has 1 heterocycles. The molecule has 0 saturated carbocycles. The Kier molecular flexibility index (Phi) is 7.46. The molecule has 2 atom stereocenters. The van der Waals surface area contributed by atoms with E-state index in [1.807, 2.05) is 12.1 Å². The van der Waals surface area contributed by atoms with Crippen LogP contribution in [0, 0.1) is 11.7 Å². The van der Waals surface area contributed by atoms with Gasteiger partial charge in [-0.25, -0.2) is 4.39 Å². The second-order valence-corrected chi connectivity index (χ2v) is 7.32. The Labute approximate surface area is 181 Å². The first kappa shape index (κ1) is 22.6. The molecule has 1 fully saturated rings. The molecule has 31 heavy (non-hydrogen) atoms. The van der Waals surface area contributed by atoms with Crippen LogP contribution in [-0.4, -0.2) is 64.3 Å². The summed E-state index contributed by atoms with van der Waals surface area (Å²) in [6.07, 6.45) is 0. The zero-order valence-corrected chi connectivity index (χ0v) is 17.9. The van der Waals surface area contributed by atoms with Crippen LogP contribution in [0.5, 0.6) is 11.5 Å². The lowest BCUT2D eigenvalue weighted by Gasteiger charge is -2.21. The van der Waals surface area contributed by atoms with E-state index in [2.05, 4.69) is 5.32 Å². The topological polar surface area (TPSA) is 77.1 Å². The minimum absolute atomic E-state index is 0.158. The number of nitrogens with one attached hydrogen (secondary N) is 1. The number of hydrogen-bond donors (Lipinski definition) is 1. The minimum atomic E-state index is -0.469. The molecule has 7 nitrogen and oxygen atoms in total. The van der Waals surface area contributed by atoms with E-state index in [1.165, 1.54) is 24.3 Å². The van der Waals surface area contributed by atoms with Gasteiger partial charge in [0.05, 0.1) is 26.7 Å². The number of ether oxygens (including phenoxy) is 3. The summed E-state index contributed by atoms with van der Waals surface area (Å²) in [5.41, 5.74) is 1.20. The van der Waals surface area contributed by atoms with Crippen molar-refractivity contribution in [2.75, 3.05) is 47.6 Å². The van der Waals surface area contributed by atoms with E-state index in [0.29, 0.717) is 36.8 Å². The van der Waals surface area contributed by atoms with Gasteiger partial charge in [0, 0.05) is 49.9 Å². The predicted molar refractivity (Wildman–Crippen MR) is 113 cm³/mol. The smallest absolute Gasteiger partial charge is 0.253 e. The number of halogens is 1. The summed E-state index contributed by atoms with van der Waals surface area (Å²) >= 11 is 0. The summed E-state index contributed by atoms with van der Waals surface area (Å²) < 4.78 is 29.1. The van der Waals surface area contributed by atoms with Crippen molar-refractivity contribution in [3.63, 3.8) is 0 Å². The number of nitrogens with zero attached hydrogens (tertiary/aromatic N) is 1. The highest BCUT2D eigenvalue weighted by atomic mass is 19.1. The molecular formula is C23H27FN2O5. The number of amides is 2. The molecule has 0 spiro atoms. The van der Waals surface area contributed by atoms with Gasteiger partial charge < -0.3 is 24.4 Å². The molecule has 0 radical (unpaired) electrons. The first-order chi connectivity index (χ1) is 15.0. The summed E-state index contributed by atoms with van der Waals surface area (Å²) in [5.74, 6) is -0.321. The molecule has 2 aromatic rings. The van der Waals surface area contributed by atoms with Crippen molar-refractivity contribution < 1.29 is 28.2 Å². The molecule has 1 aliphatic heterocycles. The van der Waals surface area contributed by atoms with E-state index in [-0.39, 0.29) is 24.3 Å². The van der Waals surface area contributed by atoms with Gasteiger partial charge in [-0.15, -0.1) is 0 Å². The second kappa shape index (κ2) is 10.3. The zero-order chi connectivity index (χ0) is 22.4. The molecule has 3 rings (SSSR count). The molecule has 1 aliphatic rings. The van der Waals surface area contributed by atoms with Gasteiger partial charge in [-0.3, -0.25) is 9.59 Å². The molecule has 0 aliphatic carbocycles. The van der Waals surface area contributed by atoms with E-state index in [4.69, 9.17) is 14.2 Å². The molecule has 0 unspecified atom stereocenters. The molecule has 0 aromatic heterocycles. The van der Waals surface area contributed by atoms with E-state index in [1.54, 1.807) is 32.3 Å². The molecule has 2 amide bonds. The van der Waals surface area contributed by atoms with Crippen molar-refractivity contribution in [2.45, 2.75) is 5.92 Å². The average molecular weight is 430 g/mol. The molecule has 166 valence electrons. The molecule has 0 bridgehead atoms. The van der Waals surface area contributed by atoms with E-state index < -0.39 is 11.7 Å². The van der Waals surface area contributed by atoms with Crippen molar-refractivity contribution in [2.24, 2.45) is 5.92 Å². The lowest BCUT2D eigenvalue weighted by atomic mass is 9.87. The first-order valence-corrected chi connectivity index (χ1v) is 10.0. The number of likely N-dealkylation sites (tertiary alicyclic amines) is 1. The van der Waals surface area contributed by atoms with Crippen LogP contribution in [0.4, 0.5) is 4.39 Å². The Morgan fingerprint density at radius 2 is 1.81 bits per heavy atom. The van der Waals surface area contributed by atoms with Gasteiger partial charge in [0.2, 0.25) is 5.91 Å². The summed E-state index contributed by atoms with van der Waals surface area (Å²) in [6.45, 7) is 1.35. The fourth-order valence-electron chi connectivity index (χ4n) is 3.86. The summed E-state index contributed by atoms with van der Waals surface area (Å²) in [5, 5.41) is 2.88. The van der Waals surface area contributed by atoms with Crippen LogP contribution in [0.3, 0.4) is 0 Å². The molecule has 1 saturated heterocycles. The Hall–Kier alpha value is -3.13. The molecule has 8 heteroatoms. The van der Waals surface area contributed by atoms with Crippen LogP contribution in [0.15, 0.2) is 42.5 Å². The summed E-state index contributed by atoms with van der Waals surface area (Å²) in [7, 11) is 4.69. The lowest BCUT2D eigenvalue weighted by Crippen LogP contribution is -2.37. The first-order valence-electron chi connectivity index (χ1n) is 10.0. The minimum Gasteiger partial charge on any atom is -0.497 e. The summed E-state index contributed by atoms with van der Waals surface area (Å²) in [4.78, 5) is 27.6. The van der Waals surface area contributed by atoms with Crippen LogP contribution in [0.25, 0.3) is 0 Å². The van der Waals surface area contributed by atoms with Crippen LogP contribution in [-0.2, 0) is 9.53 Å². The predicted octanol–water partition coefficient (Wildman–Crippen LogP) is 2.46. The second-order valence-electron chi connectivity index (χ2n) is 7.32. The van der Waals surface area contributed by atoms with Gasteiger partial charge in [0.25, 0.3) is 5.91 Å². The highest BCUT2D eigenvalue weighted by Gasteiger charge is 2.41. The monoisotopic (exact) mass is 430 g/mol. The maximum atomic E-state index is 13.3. The van der Waals surface area contributed by atoms with Gasteiger partial charge in [0.15, 0.2) is 0 Å². The Bertz CT molecular complexity index is 919. The number of rotatable bonds is 8. The van der Waals surface area contributed by atoms with Crippen molar-refractivity contribution in [3.8, 4) is 11.5 Å². The fourth-order valence-corrected chi connectivity index (χ4v) is 3.86. The maximum Gasteiger partial charge on any atom is 0.253 e. The van der Waals surface area contributed by atoms with E-state index in [9.17, 15) is 14.0 Å². The van der Waals surface area contributed by atoms with Crippen molar-refractivity contribution in [3.05, 3.63) is 59.4 Å². The van der Waals surface area contributed by atoms with Crippen LogP contribution in [0.1, 0.15) is 21.8 Å². The summed E-state index contributed by atoms with van der Waals surface area (Å²) in [6, 6.07) is 10.8. The van der Waals surface area contributed by atoms with Crippen molar-refractivity contribution in [1.82, 2.24) is 10.2 Å². The van der Waals surface area contributed by atoms with Gasteiger partial charge in [-0.1, -0.05) is 6.07 Å². The third-order valence-electron chi connectivity index (χ3n) is 5.48. The number of carbonyl (C=O) groups is 2. The van der Waals surface area contributed by atoms with Crippen molar-refractivity contribution in [1.29, 1.82) is 0 Å². The Morgan fingerprint density at radius 3 is 2.45 bits per heavy atom. The number of hydrogen-bond acceptors (Lipinski definition) is 5. The van der Waals surface area contributed by atoms with Gasteiger partial charge in [-0.05, 0) is 30.3 Å². The number of methoxy groups -OCH3 is 3. The van der Waals surface area contributed by atoms with Gasteiger partial charge >= 0.3 is 0 Å². The highest BCUT2D eigenvalue weighted by Crippen LogP contribution is 2.39. The third-order valence-corrected chi connectivity index (χ3v) is 5.48.